The number of aliphatic hydroxyl groups is 1. The van der Waals surface area contributed by atoms with Crippen molar-refractivity contribution in [1.29, 1.82) is 0 Å². The van der Waals surface area contributed by atoms with E-state index < -0.39 is 0 Å². The summed E-state index contributed by atoms with van der Waals surface area (Å²) in [5.41, 5.74) is 5.82. The highest BCUT2D eigenvalue weighted by Gasteiger charge is 2.32. The third kappa shape index (κ3) is 2.22. The topological polar surface area (TPSA) is 49.5 Å². The van der Waals surface area contributed by atoms with Crippen LogP contribution >= 0.6 is 0 Å². The van der Waals surface area contributed by atoms with Crippen molar-refractivity contribution in [2.75, 3.05) is 19.7 Å². The summed E-state index contributed by atoms with van der Waals surface area (Å²) in [6.45, 7) is 2.54. The first-order valence-corrected chi connectivity index (χ1v) is 5.41. The molecule has 3 nitrogen and oxygen atoms in total. The summed E-state index contributed by atoms with van der Waals surface area (Å²) < 4.78 is 0. The van der Waals surface area contributed by atoms with Gasteiger partial charge in [0.15, 0.2) is 0 Å². The predicted octanol–water partition coefficient (Wildman–Crippen LogP) is 0.180. The quantitative estimate of drug-likeness (QED) is 0.658. The van der Waals surface area contributed by atoms with Gasteiger partial charge in [-0.1, -0.05) is 0 Å². The lowest BCUT2D eigenvalue weighted by Gasteiger charge is -2.34. The molecule has 0 bridgehead atoms. The second kappa shape index (κ2) is 3.95. The van der Waals surface area contributed by atoms with E-state index in [1.807, 2.05) is 0 Å². The Balaban J connectivity index is 1.74. The summed E-state index contributed by atoms with van der Waals surface area (Å²) >= 11 is 0. The first kappa shape index (κ1) is 9.44. The molecule has 2 rings (SSSR count). The molecule has 2 fully saturated rings. The van der Waals surface area contributed by atoms with Gasteiger partial charge in [0.1, 0.15) is 0 Å². The van der Waals surface area contributed by atoms with E-state index in [2.05, 4.69) is 4.90 Å². The molecular formula is C10H20N2O. The maximum absolute atomic E-state index is 8.94. The molecule has 2 aliphatic rings. The Morgan fingerprint density at radius 2 is 1.85 bits per heavy atom. The van der Waals surface area contributed by atoms with Crippen molar-refractivity contribution in [1.82, 2.24) is 4.90 Å². The van der Waals surface area contributed by atoms with Crippen molar-refractivity contribution in [2.24, 2.45) is 11.7 Å². The van der Waals surface area contributed by atoms with Crippen LogP contribution in [0.3, 0.4) is 0 Å². The Hall–Kier alpha value is -0.120. The first-order chi connectivity index (χ1) is 6.31. The van der Waals surface area contributed by atoms with Crippen LogP contribution in [0.4, 0.5) is 0 Å². The highest BCUT2D eigenvalue weighted by molar-refractivity contribution is 4.89. The van der Waals surface area contributed by atoms with Crippen molar-refractivity contribution in [3.05, 3.63) is 0 Å². The van der Waals surface area contributed by atoms with Crippen LogP contribution < -0.4 is 5.73 Å². The number of rotatable bonds is 3. The molecule has 1 aliphatic carbocycles. The minimum Gasteiger partial charge on any atom is -0.395 e. The van der Waals surface area contributed by atoms with Crippen LogP contribution in [-0.2, 0) is 0 Å². The second-order valence-corrected chi connectivity index (χ2v) is 4.45. The fourth-order valence-electron chi connectivity index (χ4n) is 2.30. The molecule has 1 aliphatic heterocycles. The van der Waals surface area contributed by atoms with E-state index in [0.29, 0.717) is 5.92 Å². The van der Waals surface area contributed by atoms with Crippen molar-refractivity contribution in [3.8, 4) is 0 Å². The highest BCUT2D eigenvalue weighted by Crippen LogP contribution is 2.31. The molecule has 0 amide bonds. The molecule has 1 saturated heterocycles. The number of likely N-dealkylation sites (tertiary alicyclic amines) is 1. The van der Waals surface area contributed by atoms with E-state index in [1.54, 1.807) is 0 Å². The van der Waals surface area contributed by atoms with Gasteiger partial charge in [-0.2, -0.15) is 0 Å². The minimum absolute atomic E-state index is 0.0151. The number of aliphatic hydroxyl groups excluding tert-OH is 1. The van der Waals surface area contributed by atoms with E-state index in [4.69, 9.17) is 10.8 Å². The maximum Gasteiger partial charge on any atom is 0.0585 e. The molecule has 76 valence electrons. The summed E-state index contributed by atoms with van der Waals surface area (Å²) in [5.74, 6) is 0.556. The van der Waals surface area contributed by atoms with E-state index in [0.717, 1.165) is 6.04 Å². The first-order valence-electron chi connectivity index (χ1n) is 5.41. The summed E-state index contributed by atoms with van der Waals surface area (Å²) in [6, 6.07) is 0.910. The van der Waals surface area contributed by atoms with Gasteiger partial charge in [-0.15, -0.1) is 0 Å². The molecule has 3 heteroatoms. The monoisotopic (exact) mass is 184 g/mol. The Labute approximate surface area is 79.9 Å². The normalized spacial score (nSPS) is 29.1. The molecule has 1 unspecified atom stereocenters. The standard InChI is InChI=1S/C10H20N2O/c11-10(7-13)8-3-5-12(6-4-8)9-1-2-9/h8-10,13H,1-7,11H2. The fourth-order valence-corrected chi connectivity index (χ4v) is 2.30. The Morgan fingerprint density at radius 1 is 1.23 bits per heavy atom. The third-order valence-electron chi connectivity index (χ3n) is 3.45. The summed E-state index contributed by atoms with van der Waals surface area (Å²) in [7, 11) is 0. The van der Waals surface area contributed by atoms with Gasteiger partial charge in [-0.3, -0.25) is 0 Å². The summed E-state index contributed by atoms with van der Waals surface area (Å²) in [5, 5.41) is 8.94. The molecule has 0 radical (unpaired) electrons. The van der Waals surface area contributed by atoms with Gasteiger partial charge in [0, 0.05) is 12.1 Å². The maximum atomic E-state index is 8.94. The fraction of sp³-hybridized carbons (Fsp3) is 1.00. The van der Waals surface area contributed by atoms with Crippen LogP contribution in [0, 0.1) is 5.92 Å². The van der Waals surface area contributed by atoms with E-state index in [1.165, 1.54) is 38.8 Å². The van der Waals surface area contributed by atoms with Crippen LogP contribution in [-0.4, -0.2) is 41.8 Å². The molecule has 1 saturated carbocycles. The van der Waals surface area contributed by atoms with Crippen LogP contribution in [0.15, 0.2) is 0 Å². The summed E-state index contributed by atoms with van der Waals surface area (Å²) in [4.78, 5) is 2.58. The van der Waals surface area contributed by atoms with Crippen LogP contribution in [0.2, 0.25) is 0 Å². The highest BCUT2D eigenvalue weighted by atomic mass is 16.3. The van der Waals surface area contributed by atoms with E-state index in [-0.39, 0.29) is 12.6 Å². The lowest BCUT2D eigenvalue weighted by Crippen LogP contribution is -2.43. The Kier molecular flexibility index (Phi) is 2.86. The second-order valence-electron chi connectivity index (χ2n) is 4.45. The zero-order valence-electron chi connectivity index (χ0n) is 8.15. The van der Waals surface area contributed by atoms with Crippen LogP contribution in [0.25, 0.3) is 0 Å². The molecule has 0 aromatic rings. The van der Waals surface area contributed by atoms with Gasteiger partial charge in [0.2, 0.25) is 0 Å². The molecule has 1 heterocycles. The van der Waals surface area contributed by atoms with Crippen molar-refractivity contribution in [2.45, 2.75) is 37.8 Å². The molecule has 1 atom stereocenters. The van der Waals surface area contributed by atoms with Crippen molar-refractivity contribution < 1.29 is 5.11 Å². The number of piperidine rings is 1. The predicted molar refractivity (Wildman–Crippen MR) is 52.4 cm³/mol. The lowest BCUT2D eigenvalue weighted by molar-refractivity contribution is 0.136. The molecular weight excluding hydrogens is 164 g/mol. The SMILES string of the molecule is NC(CO)C1CCN(C2CC2)CC1. The molecule has 0 aromatic heterocycles. The minimum atomic E-state index is 0.0151. The van der Waals surface area contributed by atoms with E-state index in [9.17, 15) is 0 Å². The largest absolute Gasteiger partial charge is 0.395 e. The van der Waals surface area contributed by atoms with Gasteiger partial charge in [-0.05, 0) is 44.7 Å². The Bertz CT molecular complexity index is 162. The van der Waals surface area contributed by atoms with E-state index >= 15 is 0 Å². The van der Waals surface area contributed by atoms with Crippen LogP contribution in [0.5, 0.6) is 0 Å². The molecule has 0 spiro atoms. The zero-order valence-corrected chi connectivity index (χ0v) is 8.15. The number of hydrogen-bond donors (Lipinski definition) is 2. The Morgan fingerprint density at radius 3 is 2.31 bits per heavy atom. The van der Waals surface area contributed by atoms with Gasteiger partial charge >= 0.3 is 0 Å². The summed E-state index contributed by atoms with van der Waals surface area (Å²) in [6.07, 6.45) is 5.16. The average Bonchev–Trinajstić information content (AvgIpc) is 3.00. The zero-order chi connectivity index (χ0) is 9.26. The average molecular weight is 184 g/mol. The number of nitrogens with two attached hydrogens (primary N) is 1. The smallest absolute Gasteiger partial charge is 0.0585 e. The number of hydrogen-bond acceptors (Lipinski definition) is 3. The van der Waals surface area contributed by atoms with Gasteiger partial charge in [-0.25, -0.2) is 0 Å². The van der Waals surface area contributed by atoms with Gasteiger partial charge in [0.05, 0.1) is 6.61 Å². The van der Waals surface area contributed by atoms with Gasteiger partial charge < -0.3 is 15.7 Å². The van der Waals surface area contributed by atoms with Crippen molar-refractivity contribution in [3.63, 3.8) is 0 Å². The van der Waals surface area contributed by atoms with Crippen LogP contribution in [0.1, 0.15) is 25.7 Å². The van der Waals surface area contributed by atoms with Gasteiger partial charge in [0.25, 0.3) is 0 Å². The molecule has 3 N–H and O–H groups in total. The molecule has 13 heavy (non-hydrogen) atoms. The lowest BCUT2D eigenvalue weighted by atomic mass is 9.90. The number of nitrogens with zero attached hydrogens (tertiary/aromatic N) is 1. The molecule has 0 aromatic carbocycles. The van der Waals surface area contributed by atoms with Crippen molar-refractivity contribution >= 4 is 0 Å². The third-order valence-corrected chi connectivity index (χ3v) is 3.45.